The van der Waals surface area contributed by atoms with Crippen LogP contribution in [0.5, 0.6) is 0 Å². The highest BCUT2D eigenvalue weighted by molar-refractivity contribution is 7.99. The fourth-order valence-electron chi connectivity index (χ4n) is 1.64. The van der Waals surface area contributed by atoms with Crippen molar-refractivity contribution in [2.45, 2.75) is 23.6 Å². The van der Waals surface area contributed by atoms with Crippen LogP contribution in [0.2, 0.25) is 0 Å². The first-order valence-electron chi connectivity index (χ1n) is 5.89. The van der Waals surface area contributed by atoms with E-state index < -0.39 is 0 Å². The molecule has 0 amide bonds. The van der Waals surface area contributed by atoms with E-state index in [1.807, 2.05) is 19.1 Å². The van der Waals surface area contributed by atoms with Crippen molar-refractivity contribution in [3.63, 3.8) is 0 Å². The Morgan fingerprint density at radius 1 is 1.47 bits per heavy atom. The molecule has 6 heteroatoms. The molecule has 0 aromatic carbocycles. The molecule has 2 N–H and O–H groups in total. The molecule has 0 aliphatic rings. The van der Waals surface area contributed by atoms with Crippen molar-refractivity contribution in [1.29, 1.82) is 5.26 Å². The molecule has 0 radical (unpaired) electrons. The number of nitrogens with two attached hydrogens (primary N) is 1. The van der Waals surface area contributed by atoms with Crippen molar-refractivity contribution < 1.29 is 4.52 Å². The number of pyridine rings is 1. The molecule has 2 rings (SSSR count). The van der Waals surface area contributed by atoms with Gasteiger partial charge in [0.05, 0.1) is 17.0 Å². The lowest BCUT2D eigenvalue weighted by Gasteiger charge is -2.12. The Bertz CT molecular complexity index is 577. The molecule has 0 saturated carbocycles. The maximum absolute atomic E-state index is 9.12. The Balaban J connectivity index is 2.27. The normalized spacial score (nSPS) is 12.1. The van der Waals surface area contributed by atoms with Crippen molar-refractivity contribution in [1.82, 2.24) is 10.1 Å². The Morgan fingerprint density at radius 2 is 2.32 bits per heavy atom. The summed E-state index contributed by atoms with van der Waals surface area (Å²) in [4.78, 5) is 4.41. The topological polar surface area (TPSA) is 88.7 Å². The van der Waals surface area contributed by atoms with Gasteiger partial charge in [-0.15, -0.1) is 0 Å². The van der Waals surface area contributed by atoms with Crippen LogP contribution in [0.4, 0.5) is 0 Å². The third-order valence-electron chi connectivity index (χ3n) is 2.58. The van der Waals surface area contributed by atoms with Crippen molar-refractivity contribution in [3.8, 4) is 6.07 Å². The van der Waals surface area contributed by atoms with Gasteiger partial charge in [0, 0.05) is 11.8 Å². The summed E-state index contributed by atoms with van der Waals surface area (Å²) in [5.41, 5.74) is 7.08. The van der Waals surface area contributed by atoms with Crippen LogP contribution in [0.25, 0.3) is 0 Å². The molecule has 19 heavy (non-hydrogen) atoms. The summed E-state index contributed by atoms with van der Waals surface area (Å²) in [6.07, 6.45) is 2.34. The number of hydrogen-bond donors (Lipinski definition) is 1. The maximum atomic E-state index is 9.12. The Morgan fingerprint density at radius 3 is 2.95 bits per heavy atom. The second-order valence-corrected chi connectivity index (χ2v) is 5.21. The summed E-state index contributed by atoms with van der Waals surface area (Å²) in [5, 5.41) is 13.6. The lowest BCUT2D eigenvalue weighted by molar-refractivity contribution is 0.379. The Kier molecular flexibility index (Phi) is 4.55. The van der Waals surface area contributed by atoms with Gasteiger partial charge in [-0.05, 0) is 32.0 Å². The lowest BCUT2D eigenvalue weighted by atomic mass is 10.2. The summed E-state index contributed by atoms with van der Waals surface area (Å²) in [5.74, 6) is 0.752. The highest BCUT2D eigenvalue weighted by atomic mass is 32.2. The van der Waals surface area contributed by atoms with E-state index in [0.29, 0.717) is 17.1 Å². The Labute approximate surface area is 115 Å². The molecular formula is C13H14N4OS. The van der Waals surface area contributed by atoms with E-state index in [-0.39, 0.29) is 5.25 Å². The SMILES string of the molecule is Cc1ccc(C#N)c(S[C@H](CCN)c2ccno2)n1. The van der Waals surface area contributed by atoms with Crippen LogP contribution in [0.1, 0.15) is 28.7 Å². The van der Waals surface area contributed by atoms with Gasteiger partial charge in [-0.25, -0.2) is 4.98 Å². The first-order valence-corrected chi connectivity index (χ1v) is 6.77. The van der Waals surface area contributed by atoms with E-state index in [1.165, 1.54) is 11.8 Å². The van der Waals surface area contributed by atoms with E-state index in [1.54, 1.807) is 12.3 Å². The minimum Gasteiger partial charge on any atom is -0.360 e. The third kappa shape index (κ3) is 3.34. The molecule has 0 aliphatic heterocycles. The maximum Gasteiger partial charge on any atom is 0.150 e. The number of thioether (sulfide) groups is 1. The van der Waals surface area contributed by atoms with Crippen molar-refractivity contribution in [3.05, 3.63) is 41.4 Å². The van der Waals surface area contributed by atoms with E-state index in [0.717, 1.165) is 17.9 Å². The second-order valence-electron chi connectivity index (χ2n) is 4.02. The fourth-order valence-corrected chi connectivity index (χ4v) is 2.84. The number of nitriles is 1. The number of nitrogens with zero attached hydrogens (tertiary/aromatic N) is 3. The molecular weight excluding hydrogens is 260 g/mol. The van der Waals surface area contributed by atoms with Crippen LogP contribution in [0.15, 0.2) is 33.9 Å². The van der Waals surface area contributed by atoms with Crippen molar-refractivity contribution in [2.75, 3.05) is 6.54 Å². The lowest BCUT2D eigenvalue weighted by Crippen LogP contribution is -2.05. The second kappa shape index (κ2) is 6.36. The van der Waals surface area contributed by atoms with Crippen LogP contribution >= 0.6 is 11.8 Å². The molecule has 0 aliphatic carbocycles. The third-order valence-corrected chi connectivity index (χ3v) is 3.86. The number of aryl methyl sites for hydroxylation is 1. The number of aromatic nitrogens is 2. The van der Waals surface area contributed by atoms with Crippen LogP contribution in [0, 0.1) is 18.3 Å². The quantitative estimate of drug-likeness (QED) is 0.842. The minimum atomic E-state index is 0.0221. The average molecular weight is 274 g/mol. The molecule has 0 fully saturated rings. The molecule has 1 atom stereocenters. The molecule has 0 spiro atoms. The largest absolute Gasteiger partial charge is 0.360 e. The molecule has 2 heterocycles. The van der Waals surface area contributed by atoms with Gasteiger partial charge in [0.25, 0.3) is 0 Å². The van der Waals surface area contributed by atoms with E-state index in [4.69, 9.17) is 15.5 Å². The summed E-state index contributed by atoms with van der Waals surface area (Å²) in [6.45, 7) is 2.43. The zero-order valence-electron chi connectivity index (χ0n) is 10.5. The Hall–Kier alpha value is -1.84. The fraction of sp³-hybridized carbons (Fsp3) is 0.308. The summed E-state index contributed by atoms with van der Waals surface area (Å²) in [6, 6.07) is 7.58. The highest BCUT2D eigenvalue weighted by Gasteiger charge is 2.19. The van der Waals surface area contributed by atoms with Gasteiger partial charge < -0.3 is 10.3 Å². The average Bonchev–Trinajstić information content (AvgIpc) is 2.92. The highest BCUT2D eigenvalue weighted by Crippen LogP contribution is 2.37. The zero-order chi connectivity index (χ0) is 13.7. The summed E-state index contributed by atoms with van der Waals surface area (Å²) >= 11 is 1.49. The van der Waals surface area contributed by atoms with Crippen LogP contribution < -0.4 is 5.73 Å². The van der Waals surface area contributed by atoms with Gasteiger partial charge in [0.1, 0.15) is 16.9 Å². The van der Waals surface area contributed by atoms with Crippen LogP contribution in [-0.2, 0) is 0 Å². The molecule has 0 saturated heterocycles. The molecule has 0 unspecified atom stereocenters. The molecule has 2 aromatic heterocycles. The summed E-state index contributed by atoms with van der Waals surface area (Å²) < 4.78 is 5.19. The van der Waals surface area contributed by atoms with E-state index in [9.17, 15) is 0 Å². The van der Waals surface area contributed by atoms with Gasteiger partial charge >= 0.3 is 0 Å². The molecule has 0 bridgehead atoms. The smallest absolute Gasteiger partial charge is 0.150 e. The first-order chi connectivity index (χ1) is 9.24. The van der Waals surface area contributed by atoms with Gasteiger partial charge in [0.2, 0.25) is 0 Å². The van der Waals surface area contributed by atoms with Crippen molar-refractivity contribution >= 4 is 11.8 Å². The van der Waals surface area contributed by atoms with E-state index >= 15 is 0 Å². The molecule has 5 nitrogen and oxygen atoms in total. The number of hydrogen-bond acceptors (Lipinski definition) is 6. The van der Waals surface area contributed by atoms with E-state index in [2.05, 4.69) is 16.2 Å². The predicted molar refractivity (Wildman–Crippen MR) is 72.5 cm³/mol. The number of rotatable bonds is 5. The first kappa shape index (κ1) is 13.6. The van der Waals surface area contributed by atoms with Crippen LogP contribution in [-0.4, -0.2) is 16.7 Å². The zero-order valence-corrected chi connectivity index (χ0v) is 11.4. The van der Waals surface area contributed by atoms with Gasteiger partial charge in [-0.2, -0.15) is 5.26 Å². The van der Waals surface area contributed by atoms with Gasteiger partial charge in [0.15, 0.2) is 0 Å². The van der Waals surface area contributed by atoms with Crippen molar-refractivity contribution in [2.24, 2.45) is 5.73 Å². The predicted octanol–water partition coefficient (Wildman–Crippen LogP) is 2.43. The van der Waals surface area contributed by atoms with Gasteiger partial charge in [-0.1, -0.05) is 16.9 Å². The monoisotopic (exact) mass is 274 g/mol. The minimum absolute atomic E-state index is 0.0221. The standard InChI is InChI=1S/C13H14N4OS/c1-9-2-3-10(8-15)13(17-9)19-12(4-6-14)11-5-7-16-18-11/h2-3,5,7,12H,4,6,14H2,1H3/t12-/m1/s1. The van der Waals surface area contributed by atoms with Crippen LogP contribution in [0.3, 0.4) is 0 Å². The molecule has 98 valence electrons. The summed E-state index contributed by atoms with van der Waals surface area (Å²) in [7, 11) is 0. The van der Waals surface area contributed by atoms with Gasteiger partial charge in [-0.3, -0.25) is 0 Å². The molecule has 2 aromatic rings.